The van der Waals surface area contributed by atoms with E-state index in [1.165, 1.54) is 12.4 Å². The van der Waals surface area contributed by atoms with E-state index in [1.54, 1.807) is 6.92 Å². The monoisotopic (exact) mass is 224 g/mol. The molecule has 1 aromatic heterocycles. The summed E-state index contributed by atoms with van der Waals surface area (Å²) in [5, 5.41) is 8.53. The van der Waals surface area contributed by atoms with Gasteiger partial charge in [-0.3, -0.25) is 9.69 Å². The summed E-state index contributed by atoms with van der Waals surface area (Å²) in [5.41, 5.74) is 5.52. The minimum Gasteiger partial charge on any atom is -0.481 e. The molecule has 0 saturated carbocycles. The molecule has 1 aromatic rings. The van der Waals surface area contributed by atoms with Gasteiger partial charge < -0.3 is 10.8 Å². The first-order valence-electron chi connectivity index (χ1n) is 4.58. The highest BCUT2D eigenvalue weighted by Crippen LogP contribution is 2.11. The van der Waals surface area contributed by atoms with Gasteiger partial charge in [0.2, 0.25) is 0 Å². The van der Waals surface area contributed by atoms with E-state index in [-0.39, 0.29) is 13.0 Å². The number of carboxylic acids is 1. The van der Waals surface area contributed by atoms with E-state index in [0.717, 1.165) is 4.90 Å². The minimum atomic E-state index is -1.00. The molecular weight excluding hydrogens is 212 g/mol. The molecule has 86 valence electrons. The van der Waals surface area contributed by atoms with Crippen molar-refractivity contribution in [3.8, 4) is 0 Å². The molecule has 0 spiro atoms. The lowest BCUT2D eigenvalue weighted by molar-refractivity contribution is -0.136. The Morgan fingerprint density at radius 2 is 2.00 bits per heavy atom. The zero-order valence-corrected chi connectivity index (χ0v) is 8.75. The molecule has 0 bridgehead atoms. The SMILES string of the molecule is Cc1ncc(N(CCC(=O)O)C(N)=O)cn1. The van der Waals surface area contributed by atoms with Crippen LogP contribution in [-0.4, -0.2) is 33.6 Å². The number of anilines is 1. The lowest BCUT2D eigenvalue weighted by Gasteiger charge is -2.18. The van der Waals surface area contributed by atoms with Crippen molar-refractivity contribution in [2.45, 2.75) is 13.3 Å². The van der Waals surface area contributed by atoms with E-state index in [1.807, 2.05) is 0 Å². The van der Waals surface area contributed by atoms with E-state index in [9.17, 15) is 9.59 Å². The summed E-state index contributed by atoms with van der Waals surface area (Å²) in [6, 6.07) is -0.728. The molecule has 16 heavy (non-hydrogen) atoms. The number of aromatic nitrogens is 2. The quantitative estimate of drug-likeness (QED) is 0.756. The maximum atomic E-state index is 11.1. The fourth-order valence-electron chi connectivity index (χ4n) is 1.10. The lowest BCUT2D eigenvalue weighted by Crippen LogP contribution is -2.37. The van der Waals surface area contributed by atoms with E-state index in [2.05, 4.69) is 9.97 Å². The molecule has 0 aliphatic rings. The number of carboxylic acid groups (broad SMARTS) is 1. The first-order valence-corrected chi connectivity index (χ1v) is 4.58. The number of aliphatic carboxylic acids is 1. The first kappa shape index (κ1) is 11.9. The molecule has 0 aliphatic heterocycles. The smallest absolute Gasteiger partial charge is 0.319 e. The van der Waals surface area contributed by atoms with Crippen LogP contribution in [0, 0.1) is 6.92 Å². The number of hydrogen-bond donors (Lipinski definition) is 2. The number of primary amides is 1. The van der Waals surface area contributed by atoms with Crippen molar-refractivity contribution in [1.29, 1.82) is 0 Å². The average molecular weight is 224 g/mol. The molecule has 3 N–H and O–H groups in total. The number of urea groups is 1. The minimum absolute atomic E-state index is 0.00289. The molecule has 0 aromatic carbocycles. The second-order valence-corrected chi connectivity index (χ2v) is 3.12. The number of carbonyl (C=O) groups is 2. The van der Waals surface area contributed by atoms with Gasteiger partial charge in [0.15, 0.2) is 0 Å². The Labute approximate surface area is 91.9 Å². The molecule has 2 amide bonds. The van der Waals surface area contributed by atoms with Crippen LogP contribution in [0.5, 0.6) is 0 Å². The third kappa shape index (κ3) is 3.19. The zero-order valence-electron chi connectivity index (χ0n) is 8.75. The molecular formula is C9H12N4O3. The predicted molar refractivity (Wildman–Crippen MR) is 56.0 cm³/mol. The van der Waals surface area contributed by atoms with Crippen molar-refractivity contribution < 1.29 is 14.7 Å². The van der Waals surface area contributed by atoms with Crippen molar-refractivity contribution in [2.24, 2.45) is 5.73 Å². The molecule has 1 heterocycles. The van der Waals surface area contributed by atoms with Crippen molar-refractivity contribution in [2.75, 3.05) is 11.4 Å². The van der Waals surface area contributed by atoms with Crippen molar-refractivity contribution in [3.05, 3.63) is 18.2 Å². The Bertz CT molecular complexity index is 390. The highest BCUT2D eigenvalue weighted by atomic mass is 16.4. The predicted octanol–water partition coefficient (Wildman–Crippen LogP) is 0.145. The average Bonchev–Trinajstić information content (AvgIpc) is 2.20. The number of nitrogens with two attached hydrogens (primary N) is 1. The number of carbonyl (C=O) groups excluding carboxylic acids is 1. The Kier molecular flexibility index (Phi) is 3.76. The molecule has 7 nitrogen and oxygen atoms in total. The van der Waals surface area contributed by atoms with Gasteiger partial charge in [-0.1, -0.05) is 0 Å². The van der Waals surface area contributed by atoms with Crippen LogP contribution < -0.4 is 10.6 Å². The van der Waals surface area contributed by atoms with E-state index < -0.39 is 12.0 Å². The highest BCUT2D eigenvalue weighted by Gasteiger charge is 2.14. The molecule has 0 radical (unpaired) electrons. The second kappa shape index (κ2) is 5.06. The highest BCUT2D eigenvalue weighted by molar-refractivity contribution is 5.90. The summed E-state index contributed by atoms with van der Waals surface area (Å²) >= 11 is 0. The Balaban J connectivity index is 2.81. The Morgan fingerprint density at radius 1 is 1.44 bits per heavy atom. The van der Waals surface area contributed by atoms with Crippen molar-refractivity contribution >= 4 is 17.7 Å². The van der Waals surface area contributed by atoms with Crippen LogP contribution in [0.4, 0.5) is 10.5 Å². The van der Waals surface area contributed by atoms with Gasteiger partial charge in [0.1, 0.15) is 5.82 Å². The van der Waals surface area contributed by atoms with E-state index in [0.29, 0.717) is 11.5 Å². The molecule has 0 unspecified atom stereocenters. The summed E-state index contributed by atoms with van der Waals surface area (Å²) in [6.07, 6.45) is 2.67. The summed E-state index contributed by atoms with van der Waals surface area (Å²) in [5.74, 6) is -0.439. The molecule has 7 heteroatoms. The Hall–Kier alpha value is -2.18. The van der Waals surface area contributed by atoms with Crippen LogP contribution in [0.2, 0.25) is 0 Å². The van der Waals surface area contributed by atoms with E-state index >= 15 is 0 Å². The second-order valence-electron chi connectivity index (χ2n) is 3.12. The number of amides is 2. The standard InChI is InChI=1S/C9H12N4O3/c1-6-11-4-7(5-12-6)13(9(10)16)3-2-8(14)15/h4-5H,2-3H2,1H3,(H2,10,16)(H,14,15). The van der Waals surface area contributed by atoms with Gasteiger partial charge in [-0.05, 0) is 6.92 Å². The van der Waals surface area contributed by atoms with Crippen molar-refractivity contribution in [1.82, 2.24) is 9.97 Å². The molecule has 0 saturated heterocycles. The number of nitrogens with zero attached hydrogens (tertiary/aromatic N) is 3. The summed E-state index contributed by atoms with van der Waals surface area (Å²) < 4.78 is 0. The maximum absolute atomic E-state index is 11.1. The molecule has 1 rings (SSSR count). The fourth-order valence-corrected chi connectivity index (χ4v) is 1.10. The van der Waals surface area contributed by atoms with E-state index in [4.69, 9.17) is 10.8 Å². The van der Waals surface area contributed by atoms with Gasteiger partial charge in [0, 0.05) is 6.54 Å². The van der Waals surface area contributed by atoms with Crippen LogP contribution >= 0.6 is 0 Å². The van der Waals surface area contributed by atoms with Gasteiger partial charge in [0.05, 0.1) is 24.5 Å². The third-order valence-corrected chi connectivity index (χ3v) is 1.89. The molecule has 0 aliphatic carbocycles. The van der Waals surface area contributed by atoms with Crippen LogP contribution in [0.25, 0.3) is 0 Å². The molecule has 0 fully saturated rings. The third-order valence-electron chi connectivity index (χ3n) is 1.89. The number of hydrogen-bond acceptors (Lipinski definition) is 4. The first-order chi connectivity index (χ1) is 7.50. The largest absolute Gasteiger partial charge is 0.481 e. The van der Waals surface area contributed by atoms with Gasteiger partial charge in [-0.15, -0.1) is 0 Å². The van der Waals surface area contributed by atoms with Gasteiger partial charge in [-0.25, -0.2) is 14.8 Å². The topological polar surface area (TPSA) is 109 Å². The maximum Gasteiger partial charge on any atom is 0.319 e. The number of aryl methyl sites for hydroxylation is 1. The number of rotatable bonds is 4. The van der Waals surface area contributed by atoms with Crippen LogP contribution in [0.3, 0.4) is 0 Å². The fraction of sp³-hybridized carbons (Fsp3) is 0.333. The summed E-state index contributed by atoms with van der Waals surface area (Å²) in [4.78, 5) is 30.4. The lowest BCUT2D eigenvalue weighted by atomic mass is 10.3. The Morgan fingerprint density at radius 3 is 2.44 bits per heavy atom. The molecule has 0 atom stereocenters. The summed E-state index contributed by atoms with van der Waals surface area (Å²) in [6.45, 7) is 1.70. The van der Waals surface area contributed by atoms with Gasteiger partial charge in [0.25, 0.3) is 0 Å². The van der Waals surface area contributed by atoms with Gasteiger partial charge >= 0.3 is 12.0 Å². The summed E-state index contributed by atoms with van der Waals surface area (Å²) in [7, 11) is 0. The van der Waals surface area contributed by atoms with Crippen LogP contribution in [0.15, 0.2) is 12.4 Å². The van der Waals surface area contributed by atoms with Crippen LogP contribution in [0.1, 0.15) is 12.2 Å². The van der Waals surface area contributed by atoms with Crippen LogP contribution in [-0.2, 0) is 4.79 Å². The zero-order chi connectivity index (χ0) is 12.1. The van der Waals surface area contributed by atoms with Gasteiger partial charge in [-0.2, -0.15) is 0 Å². The normalized spacial score (nSPS) is 9.81. The van der Waals surface area contributed by atoms with Crippen molar-refractivity contribution in [3.63, 3.8) is 0 Å².